The molecule has 4 heterocycles. The van der Waals surface area contributed by atoms with Crippen LogP contribution in [-0.2, 0) is 32.4 Å². The van der Waals surface area contributed by atoms with Gasteiger partial charge in [-0.2, -0.15) is 10.5 Å². The summed E-state index contributed by atoms with van der Waals surface area (Å²) in [5.41, 5.74) is 8.14. The fourth-order valence-electron chi connectivity index (χ4n) is 5.26. The first-order chi connectivity index (χ1) is 16.8. The molecule has 4 aromatic rings. The molecule has 0 aliphatic carbocycles. The van der Waals surface area contributed by atoms with Gasteiger partial charge in [0.1, 0.15) is 0 Å². The van der Waals surface area contributed by atoms with Crippen LogP contribution in [0.3, 0.4) is 0 Å². The van der Waals surface area contributed by atoms with Gasteiger partial charge in [0.05, 0.1) is 23.2 Å². The Morgan fingerprint density at radius 3 is 2.12 bits per heavy atom. The van der Waals surface area contributed by atoms with Crippen LogP contribution in [-0.4, -0.2) is 9.13 Å². The number of aromatic nitrogens is 2. The van der Waals surface area contributed by atoms with Crippen LogP contribution in [0.15, 0.2) is 54.9 Å². The van der Waals surface area contributed by atoms with Gasteiger partial charge >= 0.3 is 0 Å². The van der Waals surface area contributed by atoms with Crippen molar-refractivity contribution in [1.82, 2.24) is 9.13 Å². The Bertz CT molecular complexity index is 1400. The van der Waals surface area contributed by atoms with E-state index < -0.39 is 0 Å². The van der Waals surface area contributed by atoms with E-state index in [1.54, 1.807) is 6.08 Å². The quantitative estimate of drug-likeness (QED) is 0.311. The van der Waals surface area contributed by atoms with Crippen LogP contribution in [0.2, 0.25) is 0 Å². The normalized spacial score (nSPS) is 13.5. The predicted molar refractivity (Wildman–Crippen MR) is 140 cm³/mol. The number of rotatable bonds is 3. The van der Waals surface area contributed by atoms with Gasteiger partial charge in [-0.15, -0.1) is 0 Å². The highest BCUT2D eigenvalue weighted by Gasteiger charge is 2.15. The molecule has 0 atom stereocenters. The molecule has 0 saturated heterocycles. The standard InChI is InChI=1S/C14H14N2.C14H12N2.C2H6/c2*15-8-2-5-12-10-16-9-3-6-11-4-1-7-13(12)14(11)16;1-2/h1,4,7,10H,2-3,5-6,9H2;1-2,4-5,7,10H,3,6,9H2;1-2H3/b;5-2+;. The summed E-state index contributed by atoms with van der Waals surface area (Å²) in [7, 11) is 0. The molecule has 0 unspecified atom stereocenters. The molecule has 4 nitrogen and oxygen atoms in total. The number of allylic oxidation sites excluding steroid dienone is 1. The first-order valence-corrected chi connectivity index (χ1v) is 12.4. The zero-order chi connectivity index (χ0) is 23.9. The second-order valence-electron chi connectivity index (χ2n) is 8.58. The Morgan fingerprint density at radius 2 is 1.47 bits per heavy atom. The van der Waals surface area contributed by atoms with Crippen molar-refractivity contribution < 1.29 is 0 Å². The van der Waals surface area contributed by atoms with Crippen LogP contribution in [0.4, 0.5) is 0 Å². The molecule has 6 rings (SSSR count). The Hall–Kier alpha value is -3.76. The van der Waals surface area contributed by atoms with E-state index in [0.29, 0.717) is 6.42 Å². The van der Waals surface area contributed by atoms with Crippen molar-refractivity contribution in [2.45, 2.75) is 65.5 Å². The maximum Gasteiger partial charge on any atom is 0.0912 e. The third-order valence-electron chi connectivity index (χ3n) is 6.61. The van der Waals surface area contributed by atoms with Gasteiger partial charge in [-0.25, -0.2) is 0 Å². The number of hydrogen-bond acceptors (Lipinski definition) is 2. The molecule has 2 aromatic heterocycles. The van der Waals surface area contributed by atoms with E-state index in [1.165, 1.54) is 64.2 Å². The Kier molecular flexibility index (Phi) is 7.51. The molecule has 2 aliphatic rings. The van der Waals surface area contributed by atoms with Gasteiger partial charge in [0, 0.05) is 54.3 Å². The van der Waals surface area contributed by atoms with E-state index in [1.807, 2.05) is 26.0 Å². The number of para-hydroxylation sites is 2. The van der Waals surface area contributed by atoms with E-state index in [9.17, 15) is 0 Å². The molecular formula is C30H32N4. The minimum absolute atomic E-state index is 0.614. The minimum atomic E-state index is 0.614. The smallest absolute Gasteiger partial charge is 0.0912 e. The maximum atomic E-state index is 8.67. The van der Waals surface area contributed by atoms with Gasteiger partial charge in [0.15, 0.2) is 0 Å². The third kappa shape index (κ3) is 4.50. The van der Waals surface area contributed by atoms with Crippen LogP contribution < -0.4 is 0 Å². The summed E-state index contributed by atoms with van der Waals surface area (Å²) in [5, 5.41) is 19.9. The number of nitriles is 2. The first kappa shape index (κ1) is 23.4. The SMILES string of the molecule is CC.N#C/C=C/c1cn2c3c(cccc13)CCC2.N#CCCc1cn2c3c(cccc13)CCC2. The van der Waals surface area contributed by atoms with Crippen molar-refractivity contribution in [2.75, 3.05) is 0 Å². The van der Waals surface area contributed by atoms with E-state index in [4.69, 9.17) is 10.5 Å². The van der Waals surface area contributed by atoms with Crippen molar-refractivity contribution in [2.24, 2.45) is 0 Å². The molecule has 0 saturated carbocycles. The van der Waals surface area contributed by atoms with Gasteiger partial charge in [0.25, 0.3) is 0 Å². The highest BCUT2D eigenvalue weighted by molar-refractivity contribution is 5.92. The van der Waals surface area contributed by atoms with Gasteiger partial charge in [0.2, 0.25) is 0 Å². The number of aryl methyl sites for hydroxylation is 5. The Labute approximate surface area is 202 Å². The average molecular weight is 449 g/mol. The summed E-state index contributed by atoms with van der Waals surface area (Å²) in [4.78, 5) is 0. The second kappa shape index (κ2) is 10.9. The monoisotopic (exact) mass is 448 g/mol. The van der Waals surface area contributed by atoms with Crippen molar-refractivity contribution >= 4 is 27.9 Å². The van der Waals surface area contributed by atoms with E-state index in [-0.39, 0.29) is 0 Å². The zero-order valence-corrected chi connectivity index (χ0v) is 20.2. The molecule has 0 bridgehead atoms. The van der Waals surface area contributed by atoms with Crippen LogP contribution in [0.5, 0.6) is 0 Å². The number of nitrogens with zero attached hydrogens (tertiary/aromatic N) is 4. The van der Waals surface area contributed by atoms with Crippen molar-refractivity contribution in [3.8, 4) is 12.1 Å². The van der Waals surface area contributed by atoms with Gasteiger partial charge in [-0.3, -0.25) is 0 Å². The average Bonchev–Trinajstić information content (AvgIpc) is 3.44. The molecule has 0 N–H and O–H groups in total. The minimum Gasteiger partial charge on any atom is -0.347 e. The van der Waals surface area contributed by atoms with E-state index >= 15 is 0 Å². The molecule has 0 radical (unpaired) electrons. The Balaban J connectivity index is 0.000000150. The Morgan fingerprint density at radius 1 is 0.853 bits per heavy atom. The summed E-state index contributed by atoms with van der Waals surface area (Å²) in [6, 6.07) is 17.3. The first-order valence-electron chi connectivity index (χ1n) is 12.4. The number of benzene rings is 2. The van der Waals surface area contributed by atoms with Gasteiger partial charge in [-0.1, -0.05) is 50.2 Å². The highest BCUT2D eigenvalue weighted by atomic mass is 15.0. The van der Waals surface area contributed by atoms with Gasteiger partial charge in [-0.05, 0) is 54.9 Å². The fourth-order valence-corrected chi connectivity index (χ4v) is 5.26. The third-order valence-corrected chi connectivity index (χ3v) is 6.61. The lowest BCUT2D eigenvalue weighted by molar-refractivity contribution is 0.634. The largest absolute Gasteiger partial charge is 0.347 e. The van der Waals surface area contributed by atoms with E-state index in [0.717, 1.165) is 25.1 Å². The zero-order valence-electron chi connectivity index (χ0n) is 20.2. The topological polar surface area (TPSA) is 57.4 Å². The van der Waals surface area contributed by atoms with Crippen molar-refractivity contribution in [1.29, 1.82) is 10.5 Å². The molecule has 34 heavy (non-hydrogen) atoms. The molecule has 4 heteroatoms. The van der Waals surface area contributed by atoms with Crippen molar-refractivity contribution in [3.63, 3.8) is 0 Å². The van der Waals surface area contributed by atoms with Crippen molar-refractivity contribution in [3.05, 3.63) is 77.1 Å². The predicted octanol–water partition coefficient (Wildman–Crippen LogP) is 7.19. The number of hydrogen-bond donors (Lipinski definition) is 0. The molecule has 2 aromatic carbocycles. The summed E-state index contributed by atoms with van der Waals surface area (Å²) >= 11 is 0. The maximum absolute atomic E-state index is 8.67. The molecule has 2 aliphatic heterocycles. The molecule has 172 valence electrons. The highest BCUT2D eigenvalue weighted by Crippen LogP contribution is 2.31. The lowest BCUT2D eigenvalue weighted by Gasteiger charge is -2.14. The lowest BCUT2D eigenvalue weighted by Crippen LogP contribution is -2.05. The fraction of sp³-hybridized carbons (Fsp3) is 0.333. The summed E-state index contributed by atoms with van der Waals surface area (Å²) in [6.07, 6.45) is 14.1. The van der Waals surface area contributed by atoms with E-state index in [2.05, 4.69) is 64.0 Å². The van der Waals surface area contributed by atoms with Crippen LogP contribution >= 0.6 is 0 Å². The molecule has 0 amide bonds. The van der Waals surface area contributed by atoms with Crippen LogP contribution in [0.25, 0.3) is 27.9 Å². The molecule has 0 spiro atoms. The van der Waals surface area contributed by atoms with Crippen LogP contribution in [0, 0.1) is 22.7 Å². The second-order valence-corrected chi connectivity index (χ2v) is 8.58. The van der Waals surface area contributed by atoms with Crippen LogP contribution in [0.1, 0.15) is 55.4 Å². The summed E-state index contributed by atoms with van der Waals surface area (Å²) in [6.45, 7) is 6.22. The molecule has 0 fully saturated rings. The van der Waals surface area contributed by atoms with Gasteiger partial charge < -0.3 is 9.13 Å². The lowest BCUT2D eigenvalue weighted by atomic mass is 10.0. The molecular weight excluding hydrogens is 416 g/mol. The summed E-state index contributed by atoms with van der Waals surface area (Å²) in [5.74, 6) is 0. The summed E-state index contributed by atoms with van der Waals surface area (Å²) < 4.78 is 4.67.